The molecule has 0 bridgehead atoms. The Morgan fingerprint density at radius 1 is 1.24 bits per heavy atom. The number of benzene rings is 2. The van der Waals surface area contributed by atoms with Crippen LogP contribution in [0, 0.1) is 17.2 Å². The van der Waals surface area contributed by atoms with Crippen molar-refractivity contribution in [2.75, 3.05) is 0 Å². The average molecular weight is 347 g/mol. The Kier molecular flexibility index (Phi) is 3.99. The highest BCUT2D eigenvalue weighted by Crippen LogP contribution is 2.40. The van der Waals surface area contributed by atoms with Crippen molar-refractivity contribution in [3.8, 4) is 17.2 Å². The third kappa shape index (κ3) is 2.90. The molecule has 0 amide bonds. The summed E-state index contributed by atoms with van der Waals surface area (Å²) in [5.74, 6) is 0.649. The molecule has 1 heterocycles. The third-order valence-corrected chi connectivity index (χ3v) is 4.98. The lowest BCUT2D eigenvalue weighted by Gasteiger charge is -2.15. The molecule has 3 nitrogen and oxygen atoms in total. The lowest BCUT2D eigenvalue weighted by molar-refractivity contribution is 0.112. The molecular weight excluding hydrogens is 332 g/mol. The number of rotatable bonds is 4. The van der Waals surface area contributed by atoms with Gasteiger partial charge in [-0.05, 0) is 78.3 Å². The summed E-state index contributed by atoms with van der Waals surface area (Å²) in [5.41, 5.74) is 4.74. The summed E-state index contributed by atoms with van der Waals surface area (Å²) in [7, 11) is 0. The standard InChI is InChI=1S/C21H15ClN2O/c22-16-6-5-14(12-25)18(10-16)19-9-15(11-23)17-2-1-7-24-21(17)20(19)8-13-3-4-13/h1-2,5-7,9-10,12-13H,3-4,8H2. The largest absolute Gasteiger partial charge is 0.298 e. The zero-order valence-electron chi connectivity index (χ0n) is 13.5. The molecule has 1 fully saturated rings. The second-order valence-electron chi connectivity index (χ2n) is 6.46. The monoisotopic (exact) mass is 346 g/mol. The topological polar surface area (TPSA) is 53.8 Å². The first kappa shape index (κ1) is 15.8. The molecule has 0 atom stereocenters. The summed E-state index contributed by atoms with van der Waals surface area (Å²) >= 11 is 6.19. The van der Waals surface area contributed by atoms with Crippen molar-refractivity contribution in [2.45, 2.75) is 19.3 Å². The van der Waals surface area contributed by atoms with Crippen molar-refractivity contribution < 1.29 is 4.79 Å². The number of nitriles is 1. The van der Waals surface area contributed by atoms with Crippen LogP contribution < -0.4 is 0 Å². The predicted molar refractivity (Wildman–Crippen MR) is 98.7 cm³/mol. The van der Waals surface area contributed by atoms with Gasteiger partial charge in [-0.25, -0.2) is 0 Å². The Morgan fingerprint density at radius 2 is 2.08 bits per heavy atom. The van der Waals surface area contributed by atoms with Gasteiger partial charge in [0.15, 0.2) is 6.29 Å². The number of hydrogen-bond acceptors (Lipinski definition) is 3. The van der Waals surface area contributed by atoms with E-state index in [-0.39, 0.29) is 0 Å². The van der Waals surface area contributed by atoms with Gasteiger partial charge in [-0.1, -0.05) is 11.6 Å². The molecule has 25 heavy (non-hydrogen) atoms. The highest BCUT2D eigenvalue weighted by atomic mass is 35.5. The van der Waals surface area contributed by atoms with Gasteiger partial charge in [0.05, 0.1) is 17.1 Å². The quantitative estimate of drug-likeness (QED) is 0.611. The molecule has 0 spiro atoms. The predicted octanol–water partition coefficient (Wildman–Crippen LogP) is 5.19. The second kappa shape index (κ2) is 6.31. The number of nitrogens with zero attached hydrogens (tertiary/aromatic N) is 2. The molecule has 0 radical (unpaired) electrons. The molecule has 0 saturated heterocycles. The highest BCUT2D eigenvalue weighted by molar-refractivity contribution is 6.31. The Morgan fingerprint density at radius 3 is 2.80 bits per heavy atom. The summed E-state index contributed by atoms with van der Waals surface area (Å²) in [6.45, 7) is 0. The molecule has 2 aromatic carbocycles. The van der Waals surface area contributed by atoms with E-state index in [1.807, 2.05) is 18.2 Å². The fraction of sp³-hybridized carbons (Fsp3) is 0.190. The number of carbonyl (C=O) groups is 1. The normalized spacial score (nSPS) is 13.6. The number of fused-ring (bicyclic) bond motifs is 1. The van der Waals surface area contributed by atoms with Crippen molar-refractivity contribution >= 4 is 28.8 Å². The summed E-state index contributed by atoms with van der Waals surface area (Å²) in [5, 5.41) is 11.0. The van der Waals surface area contributed by atoms with Crippen molar-refractivity contribution in [3.05, 3.63) is 64.3 Å². The number of aromatic nitrogens is 1. The van der Waals surface area contributed by atoms with Gasteiger partial charge < -0.3 is 0 Å². The summed E-state index contributed by atoms with van der Waals surface area (Å²) in [6, 6.07) is 13.1. The molecule has 4 rings (SSSR count). The summed E-state index contributed by atoms with van der Waals surface area (Å²) < 4.78 is 0. The first-order valence-electron chi connectivity index (χ1n) is 8.27. The zero-order valence-corrected chi connectivity index (χ0v) is 14.3. The van der Waals surface area contributed by atoms with E-state index in [0.29, 0.717) is 22.1 Å². The van der Waals surface area contributed by atoms with Crippen LogP contribution in [0.2, 0.25) is 5.02 Å². The first-order chi connectivity index (χ1) is 12.2. The molecule has 122 valence electrons. The first-order valence-corrected chi connectivity index (χ1v) is 8.65. The maximum Gasteiger partial charge on any atom is 0.150 e. The SMILES string of the molecule is N#Cc1cc(-c2cc(Cl)ccc2C=O)c(CC2CC2)c2ncccc12. The maximum atomic E-state index is 11.6. The van der Waals surface area contributed by atoms with Gasteiger partial charge >= 0.3 is 0 Å². The number of aldehydes is 1. The van der Waals surface area contributed by atoms with Crippen LogP contribution in [0.3, 0.4) is 0 Å². The fourth-order valence-corrected chi connectivity index (χ4v) is 3.49. The van der Waals surface area contributed by atoms with E-state index < -0.39 is 0 Å². The van der Waals surface area contributed by atoms with Crippen LogP contribution in [-0.2, 0) is 6.42 Å². The molecule has 0 N–H and O–H groups in total. The minimum Gasteiger partial charge on any atom is -0.298 e. The molecule has 4 heteroatoms. The van der Waals surface area contributed by atoms with Gasteiger partial charge in [-0.2, -0.15) is 5.26 Å². The third-order valence-electron chi connectivity index (χ3n) is 4.74. The molecular formula is C21H15ClN2O. The molecule has 0 aliphatic heterocycles. The van der Waals surface area contributed by atoms with Crippen LogP contribution in [0.1, 0.15) is 34.3 Å². The smallest absolute Gasteiger partial charge is 0.150 e. The maximum absolute atomic E-state index is 11.6. The van der Waals surface area contributed by atoms with Crippen molar-refractivity contribution in [3.63, 3.8) is 0 Å². The van der Waals surface area contributed by atoms with E-state index in [2.05, 4.69) is 11.1 Å². The molecule has 0 unspecified atom stereocenters. The van der Waals surface area contributed by atoms with Crippen LogP contribution >= 0.6 is 11.6 Å². The van der Waals surface area contributed by atoms with E-state index in [9.17, 15) is 10.1 Å². The molecule has 1 aliphatic carbocycles. The van der Waals surface area contributed by atoms with Gasteiger partial charge in [-0.3, -0.25) is 9.78 Å². The fourth-order valence-electron chi connectivity index (χ4n) is 3.31. The zero-order chi connectivity index (χ0) is 17.4. The van der Waals surface area contributed by atoms with Crippen molar-refractivity contribution in [1.82, 2.24) is 4.98 Å². The number of hydrogen-bond donors (Lipinski definition) is 0. The Hall–Kier alpha value is -2.70. The number of halogens is 1. The second-order valence-corrected chi connectivity index (χ2v) is 6.89. The van der Waals surface area contributed by atoms with Crippen LogP contribution in [0.25, 0.3) is 22.0 Å². The van der Waals surface area contributed by atoms with E-state index in [1.54, 1.807) is 24.4 Å². The van der Waals surface area contributed by atoms with E-state index in [4.69, 9.17) is 11.6 Å². The van der Waals surface area contributed by atoms with Gasteiger partial charge in [0.2, 0.25) is 0 Å². The van der Waals surface area contributed by atoms with E-state index >= 15 is 0 Å². The van der Waals surface area contributed by atoms with Crippen LogP contribution in [0.15, 0.2) is 42.6 Å². The van der Waals surface area contributed by atoms with Gasteiger partial charge in [0, 0.05) is 22.2 Å². The molecule has 1 aliphatic rings. The van der Waals surface area contributed by atoms with E-state index in [1.165, 1.54) is 12.8 Å². The Balaban J connectivity index is 2.07. The van der Waals surface area contributed by atoms with E-state index in [0.717, 1.165) is 40.3 Å². The highest BCUT2D eigenvalue weighted by Gasteiger charge is 2.26. The lowest BCUT2D eigenvalue weighted by Crippen LogP contribution is -2.00. The minimum atomic E-state index is 0.564. The van der Waals surface area contributed by atoms with Crippen molar-refractivity contribution in [1.29, 1.82) is 5.26 Å². The van der Waals surface area contributed by atoms with Gasteiger partial charge in [-0.15, -0.1) is 0 Å². The summed E-state index contributed by atoms with van der Waals surface area (Å²) in [6.07, 6.45) is 5.91. The van der Waals surface area contributed by atoms with Crippen molar-refractivity contribution in [2.24, 2.45) is 5.92 Å². The van der Waals surface area contributed by atoms with Crippen LogP contribution in [-0.4, -0.2) is 11.3 Å². The number of carbonyl (C=O) groups excluding carboxylic acids is 1. The Labute approximate surface area is 150 Å². The Bertz CT molecular complexity index is 1030. The molecule has 3 aromatic rings. The minimum absolute atomic E-state index is 0.564. The molecule has 1 aromatic heterocycles. The lowest BCUT2D eigenvalue weighted by atomic mass is 9.89. The van der Waals surface area contributed by atoms with Crippen LogP contribution in [0.4, 0.5) is 0 Å². The van der Waals surface area contributed by atoms with Crippen LogP contribution in [0.5, 0.6) is 0 Å². The average Bonchev–Trinajstić information content (AvgIpc) is 3.46. The summed E-state index contributed by atoms with van der Waals surface area (Å²) in [4.78, 5) is 16.1. The molecule has 1 saturated carbocycles. The number of pyridine rings is 1. The van der Waals surface area contributed by atoms with Gasteiger partial charge in [0.25, 0.3) is 0 Å². The van der Waals surface area contributed by atoms with Gasteiger partial charge in [0.1, 0.15) is 0 Å².